The van der Waals surface area contributed by atoms with Gasteiger partial charge >= 0.3 is 0 Å². The molecule has 1 aromatic rings. The topological polar surface area (TPSA) is 61.3 Å². The van der Waals surface area contributed by atoms with Crippen molar-refractivity contribution in [2.24, 2.45) is 5.92 Å². The van der Waals surface area contributed by atoms with E-state index in [1.54, 1.807) is 0 Å². The molecular formula is C12H20N4O. The molecule has 1 unspecified atom stereocenters. The van der Waals surface area contributed by atoms with Crippen LogP contribution in [0.3, 0.4) is 0 Å². The second kappa shape index (κ2) is 5.31. The number of aryl methyl sites for hydroxylation is 1. The van der Waals surface area contributed by atoms with Crippen LogP contribution in [0.5, 0.6) is 0 Å². The number of hydrogen-bond donors (Lipinski definition) is 2. The van der Waals surface area contributed by atoms with Crippen molar-refractivity contribution in [3.8, 4) is 0 Å². The van der Waals surface area contributed by atoms with Gasteiger partial charge in [0.2, 0.25) is 0 Å². The van der Waals surface area contributed by atoms with E-state index in [9.17, 15) is 0 Å². The average molecular weight is 236 g/mol. The van der Waals surface area contributed by atoms with E-state index in [-0.39, 0.29) is 6.61 Å². The summed E-state index contributed by atoms with van der Waals surface area (Å²) in [5.74, 6) is 3.07. The Morgan fingerprint density at radius 3 is 2.94 bits per heavy atom. The van der Waals surface area contributed by atoms with Gasteiger partial charge in [-0.3, -0.25) is 0 Å². The average Bonchev–Trinajstić information content (AvgIpc) is 2.86. The summed E-state index contributed by atoms with van der Waals surface area (Å²) < 4.78 is 0. The molecular weight excluding hydrogens is 216 g/mol. The van der Waals surface area contributed by atoms with Crippen LogP contribution in [0.2, 0.25) is 0 Å². The van der Waals surface area contributed by atoms with Crippen molar-refractivity contribution in [3.63, 3.8) is 0 Å². The van der Waals surface area contributed by atoms with E-state index < -0.39 is 0 Å². The van der Waals surface area contributed by atoms with Crippen molar-refractivity contribution in [3.05, 3.63) is 11.9 Å². The van der Waals surface area contributed by atoms with E-state index in [4.69, 9.17) is 5.11 Å². The molecule has 2 rings (SSSR count). The minimum Gasteiger partial charge on any atom is -0.396 e. The fraction of sp³-hybridized carbons (Fsp3) is 0.667. The third-order valence-corrected chi connectivity index (χ3v) is 3.20. The number of rotatable bonds is 4. The summed E-state index contributed by atoms with van der Waals surface area (Å²) >= 11 is 0. The molecule has 0 aromatic carbocycles. The Bertz CT molecular complexity index is 361. The van der Waals surface area contributed by atoms with Gasteiger partial charge < -0.3 is 15.3 Å². The number of aromatic nitrogens is 2. The van der Waals surface area contributed by atoms with Crippen LogP contribution in [0, 0.1) is 5.92 Å². The first-order chi connectivity index (χ1) is 8.26. The molecule has 94 valence electrons. The molecule has 1 aromatic heterocycles. The monoisotopic (exact) mass is 236 g/mol. The lowest BCUT2D eigenvalue weighted by atomic mass is 10.1. The van der Waals surface area contributed by atoms with E-state index in [1.165, 1.54) is 0 Å². The molecule has 0 radical (unpaired) electrons. The number of aliphatic hydroxyl groups excluding tert-OH is 1. The highest BCUT2D eigenvalue weighted by atomic mass is 16.3. The number of nitrogens with zero attached hydrogens (tertiary/aromatic N) is 3. The Morgan fingerprint density at radius 1 is 1.53 bits per heavy atom. The molecule has 5 heteroatoms. The van der Waals surface area contributed by atoms with Gasteiger partial charge in [-0.2, -0.15) is 0 Å². The van der Waals surface area contributed by atoms with Crippen molar-refractivity contribution in [2.75, 3.05) is 37.0 Å². The maximum absolute atomic E-state index is 9.16. The van der Waals surface area contributed by atoms with Gasteiger partial charge in [0, 0.05) is 45.1 Å². The molecule has 17 heavy (non-hydrogen) atoms. The summed E-state index contributed by atoms with van der Waals surface area (Å²) in [7, 11) is 1.87. The first-order valence-corrected chi connectivity index (χ1v) is 6.18. The highest BCUT2D eigenvalue weighted by Gasteiger charge is 2.23. The molecule has 5 nitrogen and oxygen atoms in total. The Labute approximate surface area is 102 Å². The fourth-order valence-electron chi connectivity index (χ4n) is 2.12. The van der Waals surface area contributed by atoms with E-state index >= 15 is 0 Å². The molecule has 0 bridgehead atoms. The predicted octanol–water partition coefficient (Wildman–Crippen LogP) is 0.899. The lowest BCUT2D eigenvalue weighted by Gasteiger charge is -2.18. The first-order valence-electron chi connectivity index (χ1n) is 6.18. The highest BCUT2D eigenvalue weighted by molar-refractivity contribution is 5.49. The van der Waals surface area contributed by atoms with Crippen molar-refractivity contribution in [1.82, 2.24) is 9.97 Å². The summed E-state index contributed by atoms with van der Waals surface area (Å²) in [6, 6.07) is 1.97. The van der Waals surface area contributed by atoms with Gasteiger partial charge in [0.05, 0.1) is 0 Å². The molecule has 1 atom stereocenters. The first kappa shape index (κ1) is 12.1. The van der Waals surface area contributed by atoms with Gasteiger partial charge in [-0.05, 0) is 6.42 Å². The number of aliphatic hydroxyl groups is 1. The van der Waals surface area contributed by atoms with E-state index in [0.29, 0.717) is 5.92 Å². The molecule has 0 amide bonds. The zero-order valence-electron chi connectivity index (χ0n) is 10.5. The molecule has 0 aliphatic carbocycles. The summed E-state index contributed by atoms with van der Waals surface area (Å²) in [5, 5.41) is 12.2. The lowest BCUT2D eigenvalue weighted by molar-refractivity contribution is 0.238. The Hall–Kier alpha value is -1.36. The summed E-state index contributed by atoms with van der Waals surface area (Å²) in [6.07, 6.45) is 1.87. The zero-order valence-corrected chi connectivity index (χ0v) is 10.5. The molecule has 2 N–H and O–H groups in total. The molecule has 0 saturated carbocycles. The summed E-state index contributed by atoms with van der Waals surface area (Å²) in [5.41, 5.74) is 0. The standard InChI is InChI=1S/C12H20N4O/c1-3-10-14-11(13-2)6-12(15-10)16-5-4-9(7-16)8-17/h6,9,17H,3-5,7-8H2,1-2H3,(H,13,14,15). The second-order valence-electron chi connectivity index (χ2n) is 4.41. The quantitative estimate of drug-likeness (QED) is 0.813. The van der Waals surface area contributed by atoms with Crippen molar-refractivity contribution >= 4 is 11.6 Å². The van der Waals surface area contributed by atoms with E-state index in [0.717, 1.165) is 43.4 Å². The van der Waals surface area contributed by atoms with E-state index in [2.05, 4.69) is 27.1 Å². The van der Waals surface area contributed by atoms with Crippen LogP contribution < -0.4 is 10.2 Å². The van der Waals surface area contributed by atoms with Crippen LogP contribution in [0.1, 0.15) is 19.2 Å². The van der Waals surface area contributed by atoms with Crippen LogP contribution in [-0.2, 0) is 6.42 Å². The molecule has 1 fully saturated rings. The van der Waals surface area contributed by atoms with Crippen LogP contribution in [0.15, 0.2) is 6.07 Å². The van der Waals surface area contributed by atoms with Crippen molar-refractivity contribution < 1.29 is 5.11 Å². The predicted molar refractivity (Wildman–Crippen MR) is 68.4 cm³/mol. The number of nitrogens with one attached hydrogen (secondary N) is 1. The van der Waals surface area contributed by atoms with Crippen LogP contribution >= 0.6 is 0 Å². The smallest absolute Gasteiger partial charge is 0.134 e. The molecule has 1 aliphatic heterocycles. The third kappa shape index (κ3) is 2.66. The van der Waals surface area contributed by atoms with Crippen LogP contribution in [0.4, 0.5) is 11.6 Å². The normalized spacial score (nSPS) is 19.7. The van der Waals surface area contributed by atoms with Crippen molar-refractivity contribution in [1.29, 1.82) is 0 Å². The Morgan fingerprint density at radius 2 is 2.35 bits per heavy atom. The molecule has 1 saturated heterocycles. The molecule has 2 heterocycles. The lowest BCUT2D eigenvalue weighted by Crippen LogP contribution is -2.22. The van der Waals surface area contributed by atoms with Gasteiger partial charge in [-0.15, -0.1) is 0 Å². The summed E-state index contributed by atoms with van der Waals surface area (Å²) in [4.78, 5) is 11.2. The largest absolute Gasteiger partial charge is 0.396 e. The highest BCUT2D eigenvalue weighted by Crippen LogP contribution is 2.23. The Balaban J connectivity index is 2.20. The van der Waals surface area contributed by atoms with Crippen molar-refractivity contribution in [2.45, 2.75) is 19.8 Å². The second-order valence-corrected chi connectivity index (χ2v) is 4.41. The summed E-state index contributed by atoms with van der Waals surface area (Å²) in [6.45, 7) is 4.18. The minimum atomic E-state index is 0.265. The number of hydrogen-bond acceptors (Lipinski definition) is 5. The zero-order chi connectivity index (χ0) is 12.3. The SMILES string of the molecule is CCc1nc(NC)cc(N2CCC(CO)C2)n1. The van der Waals surface area contributed by atoms with Crippen LogP contribution in [0.25, 0.3) is 0 Å². The van der Waals surface area contributed by atoms with Gasteiger partial charge in [0.15, 0.2) is 0 Å². The Kier molecular flexibility index (Phi) is 3.78. The third-order valence-electron chi connectivity index (χ3n) is 3.20. The number of anilines is 2. The minimum absolute atomic E-state index is 0.265. The van der Waals surface area contributed by atoms with E-state index in [1.807, 2.05) is 13.1 Å². The molecule has 0 spiro atoms. The van der Waals surface area contributed by atoms with Crippen LogP contribution in [-0.4, -0.2) is 41.8 Å². The fourth-order valence-corrected chi connectivity index (χ4v) is 2.12. The van der Waals surface area contributed by atoms with Gasteiger partial charge in [0.25, 0.3) is 0 Å². The van der Waals surface area contributed by atoms with Gasteiger partial charge in [-0.25, -0.2) is 9.97 Å². The van der Waals surface area contributed by atoms with Gasteiger partial charge in [0.1, 0.15) is 17.5 Å². The maximum atomic E-state index is 9.16. The van der Waals surface area contributed by atoms with Gasteiger partial charge in [-0.1, -0.05) is 6.92 Å². The molecule has 1 aliphatic rings. The maximum Gasteiger partial charge on any atom is 0.134 e.